The number of likely N-dealkylation sites (tertiary alicyclic amines) is 1. The lowest BCUT2D eigenvalue weighted by Crippen LogP contribution is -2.63. The van der Waals surface area contributed by atoms with Crippen LogP contribution in [0.3, 0.4) is 0 Å². The van der Waals surface area contributed by atoms with E-state index in [0.717, 1.165) is 38.0 Å². The Morgan fingerprint density at radius 2 is 1.86 bits per heavy atom. The fourth-order valence-corrected chi connectivity index (χ4v) is 4.79. The van der Waals surface area contributed by atoms with Gasteiger partial charge in [-0.3, -0.25) is 9.69 Å². The number of rotatable bonds is 3. The normalized spacial score (nSPS) is 19.7. The van der Waals surface area contributed by atoms with Crippen LogP contribution in [0, 0.1) is 0 Å². The van der Waals surface area contributed by atoms with Crippen molar-refractivity contribution in [2.24, 2.45) is 0 Å². The molecule has 0 saturated carbocycles. The smallest absolute Gasteiger partial charge is 0.254 e. The van der Waals surface area contributed by atoms with Crippen molar-refractivity contribution < 1.29 is 9.53 Å². The summed E-state index contributed by atoms with van der Waals surface area (Å²) in [4.78, 5) is 21.0. The molecule has 2 fully saturated rings. The summed E-state index contributed by atoms with van der Waals surface area (Å²) in [6.45, 7) is 4.86. The zero-order valence-electron chi connectivity index (χ0n) is 16.6. The number of H-pyrrole nitrogens is 1. The number of nitrogens with zero attached hydrogens (tertiary/aromatic N) is 2. The van der Waals surface area contributed by atoms with E-state index in [1.54, 1.807) is 0 Å². The average Bonchev–Trinajstić information content (AvgIpc) is 3.24. The van der Waals surface area contributed by atoms with Crippen LogP contribution in [0.5, 0.6) is 0 Å². The van der Waals surface area contributed by atoms with E-state index in [2.05, 4.69) is 39.0 Å². The summed E-state index contributed by atoms with van der Waals surface area (Å²) in [6.07, 6.45) is 3.90. The zero-order chi connectivity index (χ0) is 19.7. The summed E-state index contributed by atoms with van der Waals surface area (Å²) in [5.74, 6) is 0.139. The molecule has 2 aromatic carbocycles. The molecule has 0 radical (unpaired) electrons. The van der Waals surface area contributed by atoms with Gasteiger partial charge >= 0.3 is 0 Å². The van der Waals surface area contributed by atoms with Crippen LogP contribution in [0.4, 0.5) is 0 Å². The van der Waals surface area contributed by atoms with Gasteiger partial charge in [-0.25, -0.2) is 0 Å². The highest BCUT2D eigenvalue weighted by Gasteiger charge is 2.44. The molecular formula is C24H27N3O2. The monoisotopic (exact) mass is 389 g/mol. The first-order valence-corrected chi connectivity index (χ1v) is 10.5. The first-order valence-electron chi connectivity index (χ1n) is 10.5. The van der Waals surface area contributed by atoms with Crippen LogP contribution >= 0.6 is 0 Å². The van der Waals surface area contributed by atoms with E-state index in [1.165, 1.54) is 16.5 Å². The summed E-state index contributed by atoms with van der Waals surface area (Å²) < 4.78 is 5.86. The molecule has 1 amide bonds. The van der Waals surface area contributed by atoms with E-state index < -0.39 is 0 Å². The Morgan fingerprint density at radius 3 is 2.69 bits per heavy atom. The first kappa shape index (κ1) is 18.4. The van der Waals surface area contributed by atoms with Gasteiger partial charge in [-0.15, -0.1) is 0 Å². The molecule has 150 valence electrons. The van der Waals surface area contributed by atoms with Gasteiger partial charge in [0.2, 0.25) is 0 Å². The highest BCUT2D eigenvalue weighted by Crippen LogP contribution is 2.33. The maximum atomic E-state index is 13.2. The number of carbonyl (C=O) groups excluding carboxylic acids is 1. The predicted octanol–water partition coefficient (Wildman–Crippen LogP) is 3.68. The minimum atomic E-state index is -0.174. The van der Waals surface area contributed by atoms with Crippen LogP contribution in [0.15, 0.2) is 60.8 Å². The molecule has 5 nitrogen and oxygen atoms in total. The Labute approximate surface area is 171 Å². The molecule has 3 heterocycles. The minimum Gasteiger partial charge on any atom is -0.377 e. The fraction of sp³-hybridized carbons (Fsp3) is 0.375. The van der Waals surface area contributed by atoms with Crippen molar-refractivity contribution in [1.82, 2.24) is 14.8 Å². The van der Waals surface area contributed by atoms with Crippen molar-refractivity contribution in [2.45, 2.75) is 24.9 Å². The van der Waals surface area contributed by atoms with Crippen LogP contribution in [0.2, 0.25) is 0 Å². The molecule has 0 atom stereocenters. The van der Waals surface area contributed by atoms with Crippen molar-refractivity contribution in [3.63, 3.8) is 0 Å². The number of morpholine rings is 1. The lowest BCUT2D eigenvalue weighted by atomic mass is 9.84. The molecular weight excluding hydrogens is 362 g/mol. The van der Waals surface area contributed by atoms with Crippen LogP contribution in [0.25, 0.3) is 10.9 Å². The maximum absolute atomic E-state index is 13.2. The van der Waals surface area contributed by atoms with E-state index >= 15 is 0 Å². The third kappa shape index (κ3) is 3.56. The van der Waals surface area contributed by atoms with Gasteiger partial charge in [-0.1, -0.05) is 24.3 Å². The molecule has 2 aliphatic rings. The van der Waals surface area contributed by atoms with Crippen molar-refractivity contribution in [1.29, 1.82) is 0 Å². The number of fused-ring (bicyclic) bond motifs is 1. The molecule has 5 heteroatoms. The lowest BCUT2D eigenvalue weighted by molar-refractivity contribution is -0.0784. The van der Waals surface area contributed by atoms with Crippen molar-refractivity contribution >= 4 is 16.8 Å². The van der Waals surface area contributed by atoms with Gasteiger partial charge in [0.1, 0.15) is 0 Å². The van der Waals surface area contributed by atoms with Crippen LogP contribution in [-0.2, 0) is 11.3 Å². The van der Waals surface area contributed by atoms with E-state index in [0.29, 0.717) is 19.8 Å². The largest absolute Gasteiger partial charge is 0.377 e. The Morgan fingerprint density at radius 1 is 1.03 bits per heavy atom. The molecule has 1 aromatic heterocycles. The SMILES string of the molecule is O=C(c1ccccc1)N1CCOCC12CCN(Cc1ccc3[nH]ccc3c1)CC2. The van der Waals surface area contributed by atoms with Gasteiger partial charge in [-0.05, 0) is 54.1 Å². The number of aromatic nitrogens is 1. The van der Waals surface area contributed by atoms with Crippen molar-refractivity contribution in [3.8, 4) is 0 Å². The molecule has 29 heavy (non-hydrogen) atoms. The Hall–Kier alpha value is -2.63. The predicted molar refractivity (Wildman–Crippen MR) is 114 cm³/mol. The summed E-state index contributed by atoms with van der Waals surface area (Å²) >= 11 is 0. The van der Waals surface area contributed by atoms with Gasteiger partial charge in [0, 0.05) is 43.5 Å². The molecule has 1 spiro atoms. The third-order valence-corrected chi connectivity index (χ3v) is 6.48. The zero-order valence-corrected chi connectivity index (χ0v) is 16.6. The van der Waals surface area contributed by atoms with E-state index in [1.807, 2.05) is 36.5 Å². The van der Waals surface area contributed by atoms with E-state index in [9.17, 15) is 4.79 Å². The number of nitrogens with one attached hydrogen (secondary N) is 1. The number of ether oxygens (including phenoxy) is 1. The summed E-state index contributed by atoms with van der Waals surface area (Å²) in [7, 11) is 0. The highest BCUT2D eigenvalue weighted by molar-refractivity contribution is 5.94. The second-order valence-corrected chi connectivity index (χ2v) is 8.28. The topological polar surface area (TPSA) is 48.6 Å². The number of amides is 1. The number of carbonyl (C=O) groups is 1. The van der Waals surface area contributed by atoms with E-state index in [4.69, 9.17) is 4.74 Å². The van der Waals surface area contributed by atoms with Crippen LogP contribution < -0.4 is 0 Å². The van der Waals surface area contributed by atoms with Gasteiger partial charge in [0.25, 0.3) is 5.91 Å². The Balaban J connectivity index is 1.28. The van der Waals surface area contributed by atoms with Gasteiger partial charge in [-0.2, -0.15) is 0 Å². The summed E-state index contributed by atoms with van der Waals surface area (Å²) in [5.41, 5.74) is 3.12. The number of hydrogen-bond donors (Lipinski definition) is 1. The van der Waals surface area contributed by atoms with Crippen molar-refractivity contribution in [2.75, 3.05) is 32.8 Å². The van der Waals surface area contributed by atoms with E-state index in [-0.39, 0.29) is 11.4 Å². The molecule has 0 unspecified atom stereocenters. The van der Waals surface area contributed by atoms with Crippen LogP contribution in [0.1, 0.15) is 28.8 Å². The minimum absolute atomic E-state index is 0.139. The van der Waals surface area contributed by atoms with Crippen LogP contribution in [-0.4, -0.2) is 59.1 Å². The second kappa shape index (κ2) is 7.65. The summed E-state index contributed by atoms with van der Waals surface area (Å²) in [5, 5.41) is 1.26. The van der Waals surface area contributed by atoms with Crippen molar-refractivity contribution in [3.05, 3.63) is 71.9 Å². The third-order valence-electron chi connectivity index (χ3n) is 6.48. The highest BCUT2D eigenvalue weighted by atomic mass is 16.5. The molecule has 5 rings (SSSR count). The Bertz CT molecular complexity index is 990. The number of benzene rings is 2. The first-order chi connectivity index (χ1) is 14.2. The summed E-state index contributed by atoms with van der Waals surface area (Å²) in [6, 6.07) is 18.4. The molecule has 2 saturated heterocycles. The molecule has 0 aliphatic carbocycles. The maximum Gasteiger partial charge on any atom is 0.254 e. The fourth-order valence-electron chi connectivity index (χ4n) is 4.79. The number of hydrogen-bond acceptors (Lipinski definition) is 3. The van der Waals surface area contributed by atoms with Gasteiger partial charge < -0.3 is 14.6 Å². The average molecular weight is 389 g/mol. The lowest BCUT2D eigenvalue weighted by Gasteiger charge is -2.51. The van der Waals surface area contributed by atoms with Gasteiger partial charge in [0.15, 0.2) is 0 Å². The number of aromatic amines is 1. The quantitative estimate of drug-likeness (QED) is 0.744. The second-order valence-electron chi connectivity index (χ2n) is 8.28. The molecule has 1 N–H and O–H groups in total. The Kier molecular flexibility index (Phi) is 4.86. The number of piperidine rings is 1. The van der Waals surface area contributed by atoms with Gasteiger partial charge in [0.05, 0.1) is 18.8 Å². The molecule has 0 bridgehead atoms. The molecule has 3 aromatic rings. The standard InChI is InChI=1S/C24H27N3O2/c28-23(20-4-2-1-3-5-20)27-14-15-29-18-24(27)9-12-26(13-10-24)17-19-6-7-22-21(16-19)8-11-25-22/h1-8,11,16,25H,9-10,12-15,17-18H2. The molecule has 2 aliphatic heterocycles.